The smallest absolute Gasteiger partial charge is 0.352 e. The number of carbonyl (C=O) groups excluding carboxylic acids is 3. The predicted molar refractivity (Wildman–Crippen MR) is 106 cm³/mol. The van der Waals surface area contributed by atoms with Crippen molar-refractivity contribution in [2.24, 2.45) is 5.16 Å². The highest BCUT2D eigenvalue weighted by Gasteiger charge is 2.53. The summed E-state index contributed by atoms with van der Waals surface area (Å²) in [6.45, 7) is 0.0449. The third-order valence-corrected chi connectivity index (χ3v) is 5.93. The van der Waals surface area contributed by atoms with E-state index >= 15 is 0 Å². The van der Waals surface area contributed by atoms with Gasteiger partial charge in [0.2, 0.25) is 6.41 Å². The molecule has 3 N–H and O–H groups in total. The van der Waals surface area contributed by atoms with E-state index in [4.69, 9.17) is 16.4 Å². The topological polar surface area (TPSA) is 150 Å². The van der Waals surface area contributed by atoms with Gasteiger partial charge in [0.25, 0.3) is 11.8 Å². The van der Waals surface area contributed by atoms with E-state index in [2.05, 4.69) is 20.8 Å². The summed E-state index contributed by atoms with van der Waals surface area (Å²) in [6.07, 6.45) is 1.89. The van der Waals surface area contributed by atoms with Crippen molar-refractivity contribution in [3.8, 4) is 0 Å². The van der Waals surface area contributed by atoms with Gasteiger partial charge in [0.15, 0.2) is 10.8 Å². The number of rotatable bonds is 9. The lowest BCUT2D eigenvalue weighted by molar-refractivity contribution is -0.150. The highest BCUT2D eigenvalue weighted by molar-refractivity contribution is 8.00. The number of fused-ring (bicyclic) bond motifs is 1. The summed E-state index contributed by atoms with van der Waals surface area (Å²) in [7, 11) is 0. The molecule has 0 bridgehead atoms. The minimum Gasteiger partial charge on any atom is -0.477 e. The number of aromatic nitrogens is 1. The number of hydrogen-bond donors (Lipinski definition) is 3. The molecule has 29 heavy (non-hydrogen) atoms. The fourth-order valence-electron chi connectivity index (χ4n) is 2.60. The van der Waals surface area contributed by atoms with E-state index in [1.807, 2.05) is 0 Å². The average molecular weight is 460 g/mol. The van der Waals surface area contributed by atoms with Gasteiger partial charge in [-0.1, -0.05) is 5.16 Å². The number of alkyl halides is 1. The fourth-order valence-corrected chi connectivity index (χ4v) is 4.51. The molecule has 2 aliphatic rings. The van der Waals surface area contributed by atoms with Gasteiger partial charge >= 0.3 is 5.97 Å². The maximum absolute atomic E-state index is 12.8. The standard InChI is InChI=1S/C15H14ClN5O6S2/c16-2-3-27-20-9(7-5-29-15(18-7)17-6-22)11(23)19-10-12(24)21-8(14(25)26)1-4-28-13(10)21/h1,5-6,10,13H,2-4H2,(H,19,23)(H,25,26)(H,17,18,22)/b20-9-/t10?,13-/m1/s1. The summed E-state index contributed by atoms with van der Waals surface area (Å²) in [5.41, 5.74) is -0.170. The molecule has 154 valence electrons. The molecule has 3 heterocycles. The van der Waals surface area contributed by atoms with E-state index in [0.29, 0.717) is 12.2 Å². The lowest BCUT2D eigenvalue weighted by Gasteiger charge is -2.48. The van der Waals surface area contributed by atoms with Crippen molar-refractivity contribution >= 4 is 69.7 Å². The summed E-state index contributed by atoms with van der Waals surface area (Å²) < 4.78 is 0. The lowest BCUT2D eigenvalue weighted by Crippen LogP contribution is -2.70. The molecule has 0 aromatic carbocycles. The molecule has 0 aliphatic carbocycles. The molecule has 0 saturated carbocycles. The molecular formula is C15H14ClN5O6S2. The Bertz CT molecular complexity index is 904. The predicted octanol–water partition coefficient (Wildman–Crippen LogP) is 0.0393. The molecule has 0 spiro atoms. The maximum Gasteiger partial charge on any atom is 0.352 e. The number of amides is 3. The largest absolute Gasteiger partial charge is 0.477 e. The SMILES string of the molecule is O=CNc1nc(/C(=N/OCCCl)C(=O)NC2C(=O)N3C(C(=O)O)=CCS[C@H]23)cs1. The Morgan fingerprint density at radius 3 is 3.00 bits per heavy atom. The zero-order valence-corrected chi connectivity index (χ0v) is 16.9. The summed E-state index contributed by atoms with van der Waals surface area (Å²) in [5, 5.41) is 19.1. The number of carbonyl (C=O) groups is 4. The minimum atomic E-state index is -1.21. The van der Waals surface area contributed by atoms with Crippen LogP contribution in [0, 0.1) is 0 Å². The van der Waals surface area contributed by atoms with Crippen molar-refractivity contribution in [2.75, 3.05) is 23.6 Å². The molecule has 2 atom stereocenters. The van der Waals surface area contributed by atoms with E-state index in [1.165, 1.54) is 23.2 Å². The number of halogens is 1. The van der Waals surface area contributed by atoms with Crippen LogP contribution in [0.4, 0.5) is 5.13 Å². The summed E-state index contributed by atoms with van der Waals surface area (Å²) in [6, 6.07) is -0.917. The van der Waals surface area contributed by atoms with Crippen LogP contribution in [-0.2, 0) is 24.0 Å². The maximum atomic E-state index is 12.8. The molecule has 3 amide bonds. The number of oxime groups is 1. The van der Waals surface area contributed by atoms with Gasteiger partial charge in [-0.25, -0.2) is 9.78 Å². The zero-order valence-electron chi connectivity index (χ0n) is 14.5. The van der Waals surface area contributed by atoms with Crippen LogP contribution in [0.3, 0.4) is 0 Å². The molecule has 1 saturated heterocycles. The van der Waals surface area contributed by atoms with Crippen LogP contribution >= 0.6 is 34.7 Å². The van der Waals surface area contributed by atoms with Crippen molar-refractivity contribution in [3.05, 3.63) is 22.8 Å². The Labute approximate surface area is 177 Å². The molecule has 3 rings (SSSR count). The normalized spacial score (nSPS) is 20.9. The minimum absolute atomic E-state index is 0.0449. The third-order valence-electron chi connectivity index (χ3n) is 3.82. The number of thiazole rings is 1. The summed E-state index contributed by atoms with van der Waals surface area (Å²) in [5.74, 6) is -1.93. The van der Waals surface area contributed by atoms with Gasteiger partial charge in [-0.15, -0.1) is 34.7 Å². The average Bonchev–Trinajstić information content (AvgIpc) is 3.16. The second-order valence-electron chi connectivity index (χ2n) is 5.54. The third kappa shape index (κ3) is 4.36. The quantitative estimate of drug-likeness (QED) is 0.117. The van der Waals surface area contributed by atoms with Gasteiger partial charge in [-0.05, 0) is 6.08 Å². The first-order chi connectivity index (χ1) is 14.0. The number of carboxylic acid groups (broad SMARTS) is 1. The van der Waals surface area contributed by atoms with Crippen molar-refractivity contribution in [1.29, 1.82) is 0 Å². The Kier molecular flexibility index (Phi) is 6.71. The highest BCUT2D eigenvalue weighted by Crippen LogP contribution is 2.37. The zero-order chi connectivity index (χ0) is 21.0. The number of β-lactam (4-membered cyclic amide) rings is 1. The number of thioether (sulfide) groups is 1. The number of nitrogens with zero attached hydrogens (tertiary/aromatic N) is 3. The Morgan fingerprint density at radius 2 is 2.31 bits per heavy atom. The number of aliphatic carboxylic acids is 1. The van der Waals surface area contributed by atoms with E-state index in [-0.39, 0.29) is 34.7 Å². The van der Waals surface area contributed by atoms with Crippen LogP contribution in [0.2, 0.25) is 0 Å². The molecule has 0 radical (unpaired) electrons. The molecule has 1 unspecified atom stereocenters. The van der Waals surface area contributed by atoms with Gasteiger partial charge < -0.3 is 20.6 Å². The summed E-state index contributed by atoms with van der Waals surface area (Å²) >= 11 is 7.94. The van der Waals surface area contributed by atoms with Crippen LogP contribution in [-0.4, -0.2) is 74.6 Å². The number of anilines is 1. The molecule has 1 aromatic heterocycles. The van der Waals surface area contributed by atoms with Gasteiger partial charge in [0, 0.05) is 11.1 Å². The second kappa shape index (κ2) is 9.24. The number of hydrogen-bond acceptors (Lipinski definition) is 9. The van der Waals surface area contributed by atoms with E-state index in [9.17, 15) is 24.3 Å². The van der Waals surface area contributed by atoms with Crippen molar-refractivity contribution in [1.82, 2.24) is 15.2 Å². The van der Waals surface area contributed by atoms with Gasteiger partial charge in [-0.3, -0.25) is 19.3 Å². The van der Waals surface area contributed by atoms with Crippen molar-refractivity contribution in [2.45, 2.75) is 11.4 Å². The lowest BCUT2D eigenvalue weighted by atomic mass is 10.0. The fraction of sp³-hybridized carbons (Fsp3) is 0.333. The van der Waals surface area contributed by atoms with Gasteiger partial charge in [0.1, 0.15) is 29.4 Å². The Morgan fingerprint density at radius 1 is 1.52 bits per heavy atom. The highest BCUT2D eigenvalue weighted by atomic mass is 35.5. The number of carboxylic acids is 1. The van der Waals surface area contributed by atoms with Crippen LogP contribution < -0.4 is 10.6 Å². The van der Waals surface area contributed by atoms with Crippen LogP contribution in [0.25, 0.3) is 0 Å². The van der Waals surface area contributed by atoms with Crippen molar-refractivity contribution in [3.63, 3.8) is 0 Å². The van der Waals surface area contributed by atoms with E-state index in [1.54, 1.807) is 0 Å². The summed E-state index contributed by atoms with van der Waals surface area (Å²) in [4.78, 5) is 57.2. The van der Waals surface area contributed by atoms with Crippen LogP contribution in [0.1, 0.15) is 5.69 Å². The monoisotopic (exact) mass is 459 g/mol. The molecule has 1 aromatic rings. The van der Waals surface area contributed by atoms with Crippen LogP contribution in [0.5, 0.6) is 0 Å². The van der Waals surface area contributed by atoms with E-state index < -0.39 is 29.2 Å². The first-order valence-electron chi connectivity index (χ1n) is 8.09. The molecule has 11 nitrogen and oxygen atoms in total. The first-order valence-corrected chi connectivity index (χ1v) is 10.5. The first kappa shape index (κ1) is 21.1. The molecule has 14 heteroatoms. The number of nitrogens with one attached hydrogen (secondary N) is 2. The van der Waals surface area contributed by atoms with E-state index in [0.717, 1.165) is 16.2 Å². The van der Waals surface area contributed by atoms with Gasteiger partial charge in [0.05, 0.1) is 5.88 Å². The Balaban J connectivity index is 1.76. The molecule has 1 fully saturated rings. The van der Waals surface area contributed by atoms with Crippen LogP contribution in [0.15, 0.2) is 22.3 Å². The molecular weight excluding hydrogens is 446 g/mol. The molecule has 2 aliphatic heterocycles. The van der Waals surface area contributed by atoms with Gasteiger partial charge in [-0.2, -0.15) is 0 Å². The second-order valence-corrected chi connectivity index (χ2v) is 7.93. The Hall–Kier alpha value is -2.64. The van der Waals surface area contributed by atoms with Crippen molar-refractivity contribution < 1.29 is 29.1 Å².